The quantitative estimate of drug-likeness (QED) is 0.270. The van der Waals surface area contributed by atoms with E-state index in [-0.39, 0.29) is 33.1 Å². The third-order valence-corrected chi connectivity index (χ3v) is 8.76. The first kappa shape index (κ1) is 33.2. The maximum atomic E-state index is 14.2. The molecule has 42 heavy (non-hydrogen) atoms. The van der Waals surface area contributed by atoms with Gasteiger partial charge in [0.1, 0.15) is 18.3 Å². The predicted molar refractivity (Wildman–Crippen MR) is 168 cm³/mol. The van der Waals surface area contributed by atoms with Gasteiger partial charge >= 0.3 is 0 Å². The molecule has 226 valence electrons. The number of amides is 2. The standard InChI is InChI=1S/C31H37Cl2N3O5S/c1-7-27(30(38)34-31(3,4)5)35(19-22-9-8-10-24(17-22)41-6)29(37)20-36(28-18-23(32)13-16-26(28)33)42(39,40)25-14-11-21(2)12-15-25/h8-18,27H,7,19-20H2,1-6H3,(H,34,38)/t27-/m0/s1. The molecule has 1 N–H and O–H groups in total. The minimum absolute atomic E-state index is 0.0196. The number of halogens is 2. The Bertz CT molecular complexity index is 1520. The Morgan fingerprint density at radius 3 is 2.26 bits per heavy atom. The average molecular weight is 635 g/mol. The lowest BCUT2D eigenvalue weighted by molar-refractivity contribution is -0.141. The molecule has 2 amide bonds. The van der Waals surface area contributed by atoms with E-state index in [9.17, 15) is 18.0 Å². The molecule has 3 aromatic carbocycles. The average Bonchev–Trinajstić information content (AvgIpc) is 2.92. The summed E-state index contributed by atoms with van der Waals surface area (Å²) in [5, 5.41) is 3.29. The van der Waals surface area contributed by atoms with E-state index in [1.54, 1.807) is 37.3 Å². The number of benzene rings is 3. The Morgan fingerprint density at radius 2 is 1.67 bits per heavy atom. The van der Waals surface area contributed by atoms with Gasteiger partial charge in [0.25, 0.3) is 10.0 Å². The molecule has 0 unspecified atom stereocenters. The SMILES string of the molecule is CC[C@@H](C(=O)NC(C)(C)C)N(Cc1cccc(OC)c1)C(=O)CN(c1cc(Cl)ccc1Cl)S(=O)(=O)c1ccc(C)cc1. The van der Waals surface area contributed by atoms with Crippen molar-refractivity contribution in [3.05, 3.63) is 87.9 Å². The smallest absolute Gasteiger partial charge is 0.264 e. The summed E-state index contributed by atoms with van der Waals surface area (Å²) in [6, 6.07) is 16.9. The van der Waals surface area contributed by atoms with Crippen molar-refractivity contribution < 1.29 is 22.7 Å². The van der Waals surface area contributed by atoms with E-state index < -0.39 is 34.1 Å². The molecule has 3 rings (SSSR count). The van der Waals surface area contributed by atoms with E-state index in [1.807, 2.05) is 33.8 Å². The van der Waals surface area contributed by atoms with Gasteiger partial charge in [0.15, 0.2) is 0 Å². The van der Waals surface area contributed by atoms with Crippen LogP contribution in [0.3, 0.4) is 0 Å². The second kappa shape index (κ2) is 13.8. The summed E-state index contributed by atoms with van der Waals surface area (Å²) < 4.78 is 34.3. The van der Waals surface area contributed by atoms with E-state index in [4.69, 9.17) is 27.9 Å². The van der Waals surface area contributed by atoms with Crippen molar-refractivity contribution in [2.75, 3.05) is 18.0 Å². The molecule has 0 fully saturated rings. The van der Waals surface area contributed by atoms with Crippen molar-refractivity contribution in [2.24, 2.45) is 0 Å². The first-order valence-corrected chi connectivity index (χ1v) is 15.6. The number of rotatable bonds is 11. The van der Waals surface area contributed by atoms with Gasteiger partial charge < -0.3 is 15.0 Å². The number of hydrogen-bond acceptors (Lipinski definition) is 5. The summed E-state index contributed by atoms with van der Waals surface area (Å²) >= 11 is 12.7. The number of ether oxygens (including phenoxy) is 1. The number of hydrogen-bond donors (Lipinski definition) is 1. The molecule has 0 saturated carbocycles. The van der Waals surface area contributed by atoms with Crippen LogP contribution in [0.1, 0.15) is 45.2 Å². The van der Waals surface area contributed by atoms with E-state index in [0.29, 0.717) is 17.7 Å². The molecule has 0 aromatic heterocycles. The lowest BCUT2D eigenvalue weighted by Gasteiger charge is -2.35. The van der Waals surface area contributed by atoms with Gasteiger partial charge in [-0.15, -0.1) is 0 Å². The molecule has 11 heteroatoms. The van der Waals surface area contributed by atoms with Gasteiger partial charge in [-0.25, -0.2) is 8.42 Å². The zero-order chi connectivity index (χ0) is 31.2. The highest BCUT2D eigenvalue weighted by molar-refractivity contribution is 7.92. The Morgan fingerprint density at radius 1 is 1.00 bits per heavy atom. The fraction of sp³-hybridized carbons (Fsp3) is 0.355. The van der Waals surface area contributed by atoms with Gasteiger partial charge in [0, 0.05) is 17.1 Å². The van der Waals surface area contributed by atoms with Crippen LogP contribution in [0, 0.1) is 6.92 Å². The van der Waals surface area contributed by atoms with Gasteiger partial charge in [0.2, 0.25) is 11.8 Å². The first-order chi connectivity index (χ1) is 19.7. The van der Waals surface area contributed by atoms with Crippen LogP contribution in [0.5, 0.6) is 5.75 Å². The van der Waals surface area contributed by atoms with Crippen LogP contribution in [-0.2, 0) is 26.2 Å². The molecule has 1 atom stereocenters. The van der Waals surface area contributed by atoms with Crippen LogP contribution in [-0.4, -0.2) is 50.4 Å². The third-order valence-electron chi connectivity index (χ3n) is 6.44. The van der Waals surface area contributed by atoms with Gasteiger partial charge in [-0.2, -0.15) is 0 Å². The molecule has 8 nitrogen and oxygen atoms in total. The number of nitrogens with one attached hydrogen (secondary N) is 1. The van der Waals surface area contributed by atoms with E-state index >= 15 is 0 Å². The van der Waals surface area contributed by atoms with Crippen molar-refractivity contribution >= 4 is 50.7 Å². The minimum Gasteiger partial charge on any atom is -0.497 e. The molecule has 0 heterocycles. The van der Waals surface area contributed by atoms with Crippen LogP contribution < -0.4 is 14.4 Å². The molecule has 0 aliphatic heterocycles. The molecule has 3 aromatic rings. The maximum absolute atomic E-state index is 14.2. The van der Waals surface area contributed by atoms with Gasteiger partial charge in [-0.3, -0.25) is 13.9 Å². The maximum Gasteiger partial charge on any atom is 0.264 e. The van der Waals surface area contributed by atoms with Crippen molar-refractivity contribution in [1.29, 1.82) is 0 Å². The molecule has 0 bridgehead atoms. The molecule has 0 aliphatic carbocycles. The summed E-state index contributed by atoms with van der Waals surface area (Å²) in [5.41, 5.74) is 1.08. The van der Waals surface area contributed by atoms with Crippen LogP contribution in [0.15, 0.2) is 71.6 Å². The van der Waals surface area contributed by atoms with Crippen LogP contribution >= 0.6 is 23.2 Å². The predicted octanol–water partition coefficient (Wildman–Crippen LogP) is 6.23. The van der Waals surface area contributed by atoms with Crippen LogP contribution in [0.4, 0.5) is 5.69 Å². The largest absolute Gasteiger partial charge is 0.497 e. The lowest BCUT2D eigenvalue weighted by atomic mass is 10.1. The highest BCUT2D eigenvalue weighted by Gasteiger charge is 2.35. The summed E-state index contributed by atoms with van der Waals surface area (Å²) in [7, 11) is -2.74. The van der Waals surface area contributed by atoms with Crippen molar-refractivity contribution in [2.45, 2.75) is 64.1 Å². The van der Waals surface area contributed by atoms with E-state index in [0.717, 1.165) is 9.87 Å². The fourth-order valence-corrected chi connectivity index (χ4v) is 6.23. The molecule has 0 saturated heterocycles. The second-order valence-electron chi connectivity index (χ2n) is 11.0. The Kier molecular flexibility index (Phi) is 10.9. The summed E-state index contributed by atoms with van der Waals surface area (Å²) in [6.45, 7) is 8.60. The van der Waals surface area contributed by atoms with Gasteiger partial charge in [-0.1, -0.05) is 60.0 Å². The topological polar surface area (TPSA) is 96.0 Å². The number of carbonyl (C=O) groups is 2. The van der Waals surface area contributed by atoms with Crippen molar-refractivity contribution in [1.82, 2.24) is 10.2 Å². The molecular formula is C31H37Cl2N3O5S. The zero-order valence-electron chi connectivity index (χ0n) is 24.6. The van der Waals surface area contributed by atoms with Crippen LogP contribution in [0.25, 0.3) is 0 Å². The monoisotopic (exact) mass is 633 g/mol. The summed E-state index contributed by atoms with van der Waals surface area (Å²) in [4.78, 5) is 29.0. The molecule has 0 spiro atoms. The van der Waals surface area contributed by atoms with Crippen molar-refractivity contribution in [3.63, 3.8) is 0 Å². The van der Waals surface area contributed by atoms with Crippen molar-refractivity contribution in [3.8, 4) is 5.75 Å². The number of methoxy groups -OCH3 is 1. The number of nitrogens with zero attached hydrogens (tertiary/aromatic N) is 2. The highest BCUT2D eigenvalue weighted by atomic mass is 35.5. The third kappa shape index (κ3) is 8.40. The van der Waals surface area contributed by atoms with Gasteiger partial charge in [-0.05, 0) is 82.1 Å². The molecule has 0 aliphatic rings. The number of carbonyl (C=O) groups excluding carboxylic acids is 2. The van der Waals surface area contributed by atoms with Gasteiger partial charge in [0.05, 0.1) is 22.7 Å². The van der Waals surface area contributed by atoms with E-state index in [2.05, 4.69) is 5.32 Å². The van der Waals surface area contributed by atoms with E-state index in [1.165, 1.54) is 42.3 Å². The van der Waals surface area contributed by atoms with Crippen LogP contribution in [0.2, 0.25) is 10.0 Å². The summed E-state index contributed by atoms with van der Waals surface area (Å²) in [6.07, 6.45) is 0.292. The minimum atomic E-state index is -4.28. The molecular weight excluding hydrogens is 597 g/mol. The number of sulfonamides is 1. The number of aryl methyl sites for hydroxylation is 1. The Hall–Kier alpha value is -3.27. The molecule has 0 radical (unpaired) electrons. The Labute approximate surface area is 258 Å². The number of anilines is 1. The Balaban J connectivity index is 2.12. The highest BCUT2D eigenvalue weighted by Crippen LogP contribution is 2.33. The lowest BCUT2D eigenvalue weighted by Crippen LogP contribution is -2.55. The zero-order valence-corrected chi connectivity index (χ0v) is 27.0. The normalized spacial score (nSPS) is 12.4. The summed E-state index contributed by atoms with van der Waals surface area (Å²) in [5.74, 6) is -0.364. The first-order valence-electron chi connectivity index (χ1n) is 13.4. The fourth-order valence-electron chi connectivity index (χ4n) is 4.37. The second-order valence-corrected chi connectivity index (χ2v) is 13.7.